The number of rotatable bonds is 3. The van der Waals surface area contributed by atoms with Crippen LogP contribution in [-0.2, 0) is 0 Å². The fourth-order valence-electron chi connectivity index (χ4n) is 3.36. The first kappa shape index (κ1) is 16.0. The summed E-state index contributed by atoms with van der Waals surface area (Å²) in [6, 6.07) is 0.127. The van der Waals surface area contributed by atoms with E-state index in [9.17, 15) is 9.90 Å². The minimum Gasteiger partial charge on any atom is -0.387 e. The Bertz CT molecular complexity index is 354. The zero-order chi connectivity index (χ0) is 14.8. The number of hydrogen-bond donors (Lipinski definition) is 3. The van der Waals surface area contributed by atoms with E-state index in [4.69, 9.17) is 0 Å². The van der Waals surface area contributed by atoms with Gasteiger partial charge in [-0.15, -0.1) is 0 Å². The molecule has 1 aliphatic carbocycles. The van der Waals surface area contributed by atoms with Crippen molar-refractivity contribution in [2.45, 2.75) is 58.1 Å². The minimum absolute atomic E-state index is 0.133. The molecule has 0 aromatic rings. The summed E-state index contributed by atoms with van der Waals surface area (Å²) >= 11 is 1.75. The van der Waals surface area contributed by atoms with Gasteiger partial charge in [0, 0.05) is 18.3 Å². The van der Waals surface area contributed by atoms with Crippen molar-refractivity contribution in [3.05, 3.63) is 0 Å². The highest BCUT2D eigenvalue weighted by Crippen LogP contribution is 2.38. The van der Waals surface area contributed by atoms with Gasteiger partial charge in [-0.1, -0.05) is 20.8 Å². The molecule has 3 atom stereocenters. The third kappa shape index (κ3) is 4.29. The van der Waals surface area contributed by atoms with Crippen molar-refractivity contribution in [1.29, 1.82) is 0 Å². The highest BCUT2D eigenvalue weighted by Gasteiger charge is 2.34. The molecule has 1 aliphatic heterocycles. The molecular formula is C15H28N2O2S. The van der Waals surface area contributed by atoms with Gasteiger partial charge in [0.1, 0.15) is 0 Å². The Morgan fingerprint density at radius 3 is 2.75 bits per heavy atom. The van der Waals surface area contributed by atoms with Gasteiger partial charge in [0.25, 0.3) is 0 Å². The van der Waals surface area contributed by atoms with Gasteiger partial charge in [-0.2, -0.15) is 11.8 Å². The van der Waals surface area contributed by atoms with E-state index in [2.05, 4.69) is 31.4 Å². The van der Waals surface area contributed by atoms with Crippen LogP contribution < -0.4 is 10.6 Å². The highest BCUT2D eigenvalue weighted by atomic mass is 32.2. The van der Waals surface area contributed by atoms with Gasteiger partial charge < -0.3 is 15.7 Å². The van der Waals surface area contributed by atoms with Crippen molar-refractivity contribution in [2.24, 2.45) is 11.3 Å². The topological polar surface area (TPSA) is 61.4 Å². The van der Waals surface area contributed by atoms with Crippen molar-refractivity contribution in [3.63, 3.8) is 0 Å². The maximum Gasteiger partial charge on any atom is 0.315 e. The first-order valence-corrected chi connectivity index (χ1v) is 8.80. The van der Waals surface area contributed by atoms with Crippen LogP contribution in [0.3, 0.4) is 0 Å². The molecule has 2 amide bonds. The second kappa shape index (κ2) is 6.14. The maximum atomic E-state index is 12.0. The van der Waals surface area contributed by atoms with Crippen molar-refractivity contribution >= 4 is 17.8 Å². The Labute approximate surface area is 126 Å². The van der Waals surface area contributed by atoms with Crippen LogP contribution in [0.5, 0.6) is 0 Å². The van der Waals surface area contributed by atoms with Gasteiger partial charge in [-0.3, -0.25) is 0 Å². The summed E-state index contributed by atoms with van der Waals surface area (Å²) < 4.78 is 0. The van der Waals surface area contributed by atoms with Crippen LogP contribution in [0.4, 0.5) is 4.79 Å². The van der Waals surface area contributed by atoms with Crippen molar-refractivity contribution < 1.29 is 9.90 Å². The Balaban J connectivity index is 1.74. The van der Waals surface area contributed by atoms with Gasteiger partial charge >= 0.3 is 6.03 Å². The second-order valence-corrected chi connectivity index (χ2v) is 8.45. The minimum atomic E-state index is -0.706. The summed E-state index contributed by atoms with van der Waals surface area (Å²) in [6.45, 7) is 7.17. The molecule has 4 nitrogen and oxygen atoms in total. The number of thioether (sulfide) groups is 1. The quantitative estimate of drug-likeness (QED) is 0.750. The van der Waals surface area contributed by atoms with E-state index in [1.807, 2.05) is 0 Å². The normalized spacial score (nSPS) is 36.6. The fourth-order valence-corrected chi connectivity index (χ4v) is 4.66. The number of nitrogens with one attached hydrogen (secondary N) is 2. The number of hydrogen-bond acceptors (Lipinski definition) is 3. The van der Waals surface area contributed by atoms with Crippen molar-refractivity contribution in [3.8, 4) is 0 Å². The van der Waals surface area contributed by atoms with Crippen molar-refractivity contribution in [1.82, 2.24) is 10.6 Å². The average Bonchev–Trinajstić information content (AvgIpc) is 2.77. The van der Waals surface area contributed by atoms with Crippen molar-refractivity contribution in [2.75, 3.05) is 18.1 Å². The average molecular weight is 300 g/mol. The molecule has 0 spiro atoms. The second-order valence-electron chi connectivity index (χ2n) is 7.34. The number of carbonyl (C=O) groups is 1. The molecule has 5 heteroatoms. The molecule has 1 saturated carbocycles. The third-order valence-corrected chi connectivity index (χ3v) is 5.90. The standard InChI is InChI=1S/C15H28N2O2S/c1-11-8-14(2,3)5-4-12(11)17-13(18)16-9-15(19)6-7-20-10-15/h11-12,19H,4-10H2,1-3H3,(H2,16,17,18). The molecule has 0 aromatic carbocycles. The summed E-state index contributed by atoms with van der Waals surface area (Å²) in [7, 11) is 0. The number of aliphatic hydroxyl groups is 1. The van der Waals surface area contributed by atoms with E-state index >= 15 is 0 Å². The maximum absolute atomic E-state index is 12.0. The van der Waals surface area contributed by atoms with Crippen LogP contribution in [0.2, 0.25) is 0 Å². The zero-order valence-corrected chi connectivity index (χ0v) is 13.7. The fraction of sp³-hybridized carbons (Fsp3) is 0.933. The Kier molecular flexibility index (Phi) is 4.90. The van der Waals surface area contributed by atoms with Crippen LogP contribution in [0.1, 0.15) is 46.5 Å². The molecule has 0 aromatic heterocycles. The number of amides is 2. The molecule has 2 fully saturated rings. The first-order chi connectivity index (χ1) is 9.30. The lowest BCUT2D eigenvalue weighted by Crippen LogP contribution is -2.51. The monoisotopic (exact) mass is 300 g/mol. The molecule has 0 radical (unpaired) electrons. The first-order valence-electron chi connectivity index (χ1n) is 7.64. The number of urea groups is 1. The van der Waals surface area contributed by atoms with Crippen LogP contribution in [0.15, 0.2) is 0 Å². The highest BCUT2D eigenvalue weighted by molar-refractivity contribution is 7.99. The van der Waals surface area contributed by atoms with Gasteiger partial charge in [0.05, 0.1) is 5.60 Å². The lowest BCUT2D eigenvalue weighted by Gasteiger charge is -2.39. The summed E-state index contributed by atoms with van der Waals surface area (Å²) in [4.78, 5) is 12.0. The Morgan fingerprint density at radius 1 is 1.40 bits per heavy atom. The van der Waals surface area contributed by atoms with Crippen LogP contribution in [0.25, 0.3) is 0 Å². The van der Waals surface area contributed by atoms with Crippen LogP contribution in [0, 0.1) is 11.3 Å². The lowest BCUT2D eigenvalue weighted by molar-refractivity contribution is 0.0693. The molecule has 3 N–H and O–H groups in total. The Morgan fingerprint density at radius 2 is 2.15 bits per heavy atom. The summed E-state index contributed by atoms with van der Waals surface area (Å²) in [5, 5.41) is 16.1. The Hall–Kier alpha value is -0.420. The molecule has 0 bridgehead atoms. The summed E-state index contributed by atoms with van der Waals surface area (Å²) in [5.74, 6) is 2.21. The van der Waals surface area contributed by atoms with Gasteiger partial charge in [-0.05, 0) is 42.8 Å². The predicted molar refractivity (Wildman–Crippen MR) is 84.0 cm³/mol. The van der Waals surface area contributed by atoms with Gasteiger partial charge in [0.2, 0.25) is 0 Å². The number of carbonyl (C=O) groups excluding carboxylic acids is 1. The van der Waals surface area contributed by atoms with E-state index in [-0.39, 0.29) is 12.1 Å². The smallest absolute Gasteiger partial charge is 0.315 e. The molecule has 1 heterocycles. The molecule has 20 heavy (non-hydrogen) atoms. The lowest BCUT2D eigenvalue weighted by atomic mass is 9.70. The largest absolute Gasteiger partial charge is 0.387 e. The molecule has 2 rings (SSSR count). The summed E-state index contributed by atoms with van der Waals surface area (Å²) in [6.07, 6.45) is 4.12. The molecule has 1 saturated heterocycles. The van der Waals surface area contributed by atoms with E-state index in [0.29, 0.717) is 17.9 Å². The van der Waals surface area contributed by atoms with Crippen LogP contribution >= 0.6 is 11.8 Å². The van der Waals surface area contributed by atoms with Gasteiger partial charge in [-0.25, -0.2) is 4.79 Å². The molecule has 116 valence electrons. The van der Waals surface area contributed by atoms with E-state index in [0.717, 1.165) is 37.2 Å². The van der Waals surface area contributed by atoms with Crippen LogP contribution in [-0.4, -0.2) is 40.8 Å². The van der Waals surface area contributed by atoms with Gasteiger partial charge in [0.15, 0.2) is 0 Å². The predicted octanol–water partition coefficient (Wildman–Crippen LogP) is 2.37. The van der Waals surface area contributed by atoms with E-state index in [1.165, 1.54) is 0 Å². The molecule has 2 aliphatic rings. The summed E-state index contributed by atoms with van der Waals surface area (Å²) in [5.41, 5.74) is -0.313. The van der Waals surface area contributed by atoms with E-state index < -0.39 is 5.60 Å². The SMILES string of the molecule is CC1CC(C)(C)CCC1NC(=O)NCC1(O)CCSC1. The molecule has 3 unspecified atom stereocenters. The van der Waals surface area contributed by atoms with E-state index in [1.54, 1.807) is 11.8 Å². The molecular weight excluding hydrogens is 272 g/mol. The zero-order valence-electron chi connectivity index (χ0n) is 12.9. The third-order valence-electron chi connectivity index (χ3n) is 4.67.